The quantitative estimate of drug-likeness (QED) is 0.838. The van der Waals surface area contributed by atoms with E-state index in [2.05, 4.69) is 43.5 Å². The summed E-state index contributed by atoms with van der Waals surface area (Å²) >= 11 is 3.45. The van der Waals surface area contributed by atoms with E-state index in [1.807, 2.05) is 12.1 Å². The standard InChI is InChI=1S/C15H16OS2/c1-11-3-4-12(10-16)15(9-11)18-14-7-5-13(17-2)6-8-14/h3-9,16H,10H2,1-2H3. The van der Waals surface area contributed by atoms with Gasteiger partial charge in [0.05, 0.1) is 6.61 Å². The molecule has 0 aliphatic carbocycles. The van der Waals surface area contributed by atoms with Crippen molar-refractivity contribution in [3.05, 3.63) is 53.6 Å². The Hall–Kier alpha value is -0.900. The van der Waals surface area contributed by atoms with Crippen molar-refractivity contribution in [2.45, 2.75) is 28.2 Å². The highest BCUT2D eigenvalue weighted by Gasteiger charge is 2.04. The van der Waals surface area contributed by atoms with E-state index in [0.29, 0.717) is 0 Å². The summed E-state index contributed by atoms with van der Waals surface area (Å²) in [6, 6.07) is 14.7. The molecule has 0 atom stereocenters. The van der Waals surface area contributed by atoms with Gasteiger partial charge in [-0.05, 0) is 54.6 Å². The largest absolute Gasteiger partial charge is 0.392 e. The Balaban J connectivity index is 2.24. The molecule has 0 radical (unpaired) electrons. The molecule has 0 aromatic heterocycles. The Kier molecular flexibility index (Phi) is 4.75. The first-order chi connectivity index (χ1) is 8.72. The molecular formula is C15H16OS2. The van der Waals surface area contributed by atoms with E-state index in [-0.39, 0.29) is 6.61 Å². The van der Waals surface area contributed by atoms with E-state index < -0.39 is 0 Å². The second-order valence-corrected chi connectivity index (χ2v) is 6.04. The molecular weight excluding hydrogens is 260 g/mol. The van der Waals surface area contributed by atoms with Crippen LogP contribution in [0.4, 0.5) is 0 Å². The number of aliphatic hydroxyl groups excluding tert-OH is 1. The van der Waals surface area contributed by atoms with Crippen LogP contribution in [-0.4, -0.2) is 11.4 Å². The Bertz CT molecular complexity index is 521. The Morgan fingerprint density at radius 3 is 2.28 bits per heavy atom. The van der Waals surface area contributed by atoms with E-state index in [9.17, 15) is 5.11 Å². The van der Waals surface area contributed by atoms with E-state index in [0.717, 1.165) is 10.5 Å². The minimum absolute atomic E-state index is 0.0888. The second-order valence-electron chi connectivity index (χ2n) is 4.05. The molecule has 0 bridgehead atoms. The summed E-state index contributed by atoms with van der Waals surface area (Å²) in [5.41, 5.74) is 2.20. The molecule has 0 aliphatic rings. The summed E-state index contributed by atoms with van der Waals surface area (Å²) in [4.78, 5) is 3.61. The fourth-order valence-corrected chi connectivity index (χ4v) is 3.10. The molecule has 18 heavy (non-hydrogen) atoms. The van der Waals surface area contributed by atoms with Crippen LogP contribution in [0, 0.1) is 6.92 Å². The molecule has 0 spiro atoms. The molecule has 2 aromatic carbocycles. The van der Waals surface area contributed by atoms with E-state index in [1.165, 1.54) is 15.4 Å². The molecule has 1 nitrogen and oxygen atoms in total. The predicted molar refractivity (Wildman–Crippen MR) is 79.4 cm³/mol. The molecule has 0 aliphatic heterocycles. The van der Waals surface area contributed by atoms with Crippen LogP contribution in [0.25, 0.3) is 0 Å². The first-order valence-electron chi connectivity index (χ1n) is 5.75. The monoisotopic (exact) mass is 276 g/mol. The van der Waals surface area contributed by atoms with Crippen molar-refractivity contribution in [2.75, 3.05) is 6.26 Å². The Morgan fingerprint density at radius 2 is 1.67 bits per heavy atom. The lowest BCUT2D eigenvalue weighted by Crippen LogP contribution is -1.88. The third-order valence-electron chi connectivity index (χ3n) is 2.68. The van der Waals surface area contributed by atoms with Gasteiger partial charge in [-0.25, -0.2) is 0 Å². The molecule has 3 heteroatoms. The zero-order valence-electron chi connectivity index (χ0n) is 10.5. The first-order valence-corrected chi connectivity index (χ1v) is 7.79. The number of thioether (sulfide) groups is 1. The zero-order chi connectivity index (χ0) is 13.0. The summed E-state index contributed by atoms with van der Waals surface area (Å²) in [5, 5.41) is 9.35. The van der Waals surface area contributed by atoms with Crippen LogP contribution >= 0.6 is 23.5 Å². The van der Waals surface area contributed by atoms with Gasteiger partial charge in [-0.1, -0.05) is 23.9 Å². The molecule has 0 saturated heterocycles. The van der Waals surface area contributed by atoms with Gasteiger partial charge >= 0.3 is 0 Å². The smallest absolute Gasteiger partial charge is 0.0692 e. The van der Waals surface area contributed by atoms with E-state index in [4.69, 9.17) is 0 Å². The summed E-state index contributed by atoms with van der Waals surface area (Å²) in [5.74, 6) is 0. The highest BCUT2D eigenvalue weighted by Crippen LogP contribution is 2.32. The van der Waals surface area contributed by atoms with Gasteiger partial charge in [0.2, 0.25) is 0 Å². The predicted octanol–water partition coefficient (Wildman–Crippen LogP) is 4.36. The van der Waals surface area contributed by atoms with Crippen LogP contribution in [0.2, 0.25) is 0 Å². The molecule has 0 unspecified atom stereocenters. The lowest BCUT2D eigenvalue weighted by molar-refractivity contribution is 0.279. The zero-order valence-corrected chi connectivity index (χ0v) is 12.1. The first kappa shape index (κ1) is 13.5. The molecule has 94 valence electrons. The highest BCUT2D eigenvalue weighted by molar-refractivity contribution is 7.99. The van der Waals surface area contributed by atoms with Crippen LogP contribution in [0.3, 0.4) is 0 Å². The number of aliphatic hydroxyl groups is 1. The lowest BCUT2D eigenvalue weighted by Gasteiger charge is -2.08. The minimum Gasteiger partial charge on any atom is -0.392 e. The summed E-state index contributed by atoms with van der Waals surface area (Å²) in [6.45, 7) is 2.16. The topological polar surface area (TPSA) is 20.2 Å². The lowest BCUT2D eigenvalue weighted by atomic mass is 10.2. The second kappa shape index (κ2) is 6.32. The van der Waals surface area contributed by atoms with Crippen molar-refractivity contribution in [3.8, 4) is 0 Å². The molecule has 0 amide bonds. The third kappa shape index (κ3) is 3.31. The van der Waals surface area contributed by atoms with Gasteiger partial charge in [-0.2, -0.15) is 0 Å². The molecule has 0 heterocycles. The number of benzene rings is 2. The third-order valence-corrected chi connectivity index (χ3v) is 4.53. The van der Waals surface area contributed by atoms with Gasteiger partial charge in [0.1, 0.15) is 0 Å². The summed E-state index contributed by atoms with van der Waals surface area (Å²) in [6.07, 6.45) is 2.08. The SMILES string of the molecule is CSc1ccc(Sc2cc(C)ccc2CO)cc1. The fourth-order valence-electron chi connectivity index (χ4n) is 1.66. The molecule has 0 fully saturated rings. The maximum absolute atomic E-state index is 9.35. The molecule has 2 rings (SSSR count). The van der Waals surface area contributed by atoms with Crippen molar-refractivity contribution in [3.63, 3.8) is 0 Å². The van der Waals surface area contributed by atoms with Gasteiger partial charge in [-0.15, -0.1) is 11.8 Å². The fraction of sp³-hybridized carbons (Fsp3) is 0.200. The maximum atomic E-state index is 9.35. The van der Waals surface area contributed by atoms with Crippen LogP contribution in [0.1, 0.15) is 11.1 Å². The van der Waals surface area contributed by atoms with Crippen LogP contribution in [-0.2, 0) is 6.61 Å². The van der Waals surface area contributed by atoms with E-state index >= 15 is 0 Å². The van der Waals surface area contributed by atoms with E-state index in [1.54, 1.807) is 23.5 Å². The van der Waals surface area contributed by atoms with Crippen LogP contribution in [0.5, 0.6) is 0 Å². The molecule has 0 saturated carbocycles. The van der Waals surface area contributed by atoms with Crippen molar-refractivity contribution in [2.24, 2.45) is 0 Å². The Labute approximate surface area is 117 Å². The Morgan fingerprint density at radius 1 is 1.00 bits per heavy atom. The number of hydrogen-bond donors (Lipinski definition) is 1. The van der Waals surface area contributed by atoms with Crippen molar-refractivity contribution >= 4 is 23.5 Å². The number of rotatable bonds is 4. The van der Waals surface area contributed by atoms with Gasteiger partial charge < -0.3 is 5.11 Å². The number of hydrogen-bond acceptors (Lipinski definition) is 3. The van der Waals surface area contributed by atoms with Crippen LogP contribution < -0.4 is 0 Å². The highest BCUT2D eigenvalue weighted by atomic mass is 32.2. The molecule has 1 N–H and O–H groups in total. The number of aryl methyl sites for hydroxylation is 1. The average Bonchev–Trinajstić information content (AvgIpc) is 2.40. The van der Waals surface area contributed by atoms with Gasteiger partial charge in [0, 0.05) is 14.7 Å². The van der Waals surface area contributed by atoms with Gasteiger partial charge in [-0.3, -0.25) is 0 Å². The normalized spacial score (nSPS) is 10.6. The van der Waals surface area contributed by atoms with Crippen molar-refractivity contribution in [1.82, 2.24) is 0 Å². The maximum Gasteiger partial charge on any atom is 0.0692 e. The van der Waals surface area contributed by atoms with Gasteiger partial charge in [0.25, 0.3) is 0 Å². The minimum atomic E-state index is 0.0888. The molecule has 2 aromatic rings. The van der Waals surface area contributed by atoms with Crippen molar-refractivity contribution < 1.29 is 5.11 Å². The summed E-state index contributed by atoms with van der Waals surface area (Å²) in [7, 11) is 0. The van der Waals surface area contributed by atoms with Crippen molar-refractivity contribution in [1.29, 1.82) is 0 Å². The van der Waals surface area contributed by atoms with Gasteiger partial charge in [0.15, 0.2) is 0 Å². The summed E-state index contributed by atoms with van der Waals surface area (Å²) < 4.78 is 0. The average molecular weight is 276 g/mol. The van der Waals surface area contributed by atoms with Crippen LogP contribution in [0.15, 0.2) is 57.2 Å².